The van der Waals surface area contributed by atoms with Crippen LogP contribution in [-0.4, -0.2) is 71.3 Å². The number of unbranched alkanes of at least 4 members (excludes halogenated alkanes) is 1. The summed E-state index contributed by atoms with van der Waals surface area (Å²) in [4.78, 5) is 44.8. The number of hydrogen-bond acceptors (Lipinski definition) is 6. The van der Waals surface area contributed by atoms with Crippen molar-refractivity contribution in [3.8, 4) is 0 Å². The Bertz CT molecular complexity index is 1120. The minimum atomic E-state index is -1.34. The number of likely N-dealkylation sites (tertiary alicyclic amines) is 1. The minimum Gasteiger partial charge on any atom is -0.465 e. The van der Waals surface area contributed by atoms with Crippen molar-refractivity contribution >= 4 is 35.1 Å². The number of carbonyl (C=O) groups is 3. The number of halogens is 1. The van der Waals surface area contributed by atoms with E-state index in [0.717, 1.165) is 6.42 Å². The summed E-state index contributed by atoms with van der Waals surface area (Å²) in [5.41, 5.74) is -1.91. The topological polar surface area (TPSA) is 96.4 Å². The molecular weight excluding hydrogens is 484 g/mol. The fourth-order valence-electron chi connectivity index (χ4n) is 6.16. The van der Waals surface area contributed by atoms with Crippen molar-refractivity contribution < 1.29 is 29.0 Å². The van der Waals surface area contributed by atoms with Crippen molar-refractivity contribution in [3.63, 3.8) is 0 Å². The Balaban J connectivity index is 1.63. The van der Waals surface area contributed by atoms with E-state index < -0.39 is 35.0 Å². The van der Waals surface area contributed by atoms with Crippen LogP contribution in [0, 0.1) is 11.8 Å². The molecule has 1 aromatic rings. The smallest absolute Gasteiger partial charge is 0.313 e. The molecule has 4 aliphatic rings. The maximum atomic E-state index is 14.3. The molecule has 0 radical (unpaired) electrons. The van der Waals surface area contributed by atoms with E-state index in [1.807, 2.05) is 18.2 Å². The van der Waals surface area contributed by atoms with Crippen LogP contribution in [0.15, 0.2) is 48.6 Å². The molecule has 0 bridgehead atoms. The van der Waals surface area contributed by atoms with Gasteiger partial charge < -0.3 is 24.4 Å². The Kier molecular flexibility index (Phi) is 6.70. The standard InChI is InChI=1S/C27H31ClN2O6/c1-26-12-5-2-8-17-35-25(34)21(26)20-23(32)30(14-6-7-16-31)22-24(33)29(15-9-13-27(20,22)36-26)19-11-4-3-10-18(19)28/h3-5,9-13,20-22,31H,2,6-8,14-17H2,1H3/b12-5-/t20-,21-,22?,26+,27-/m0/s1. The van der Waals surface area contributed by atoms with Crippen molar-refractivity contribution in [2.24, 2.45) is 11.8 Å². The van der Waals surface area contributed by atoms with Gasteiger partial charge in [0.1, 0.15) is 17.6 Å². The predicted octanol–water partition coefficient (Wildman–Crippen LogP) is 2.88. The molecule has 0 aliphatic carbocycles. The lowest BCUT2D eigenvalue weighted by atomic mass is 9.74. The van der Waals surface area contributed by atoms with E-state index in [1.165, 1.54) is 4.90 Å². The normalized spacial score (nSPS) is 34.8. The van der Waals surface area contributed by atoms with Crippen LogP contribution >= 0.6 is 11.6 Å². The lowest BCUT2D eigenvalue weighted by Gasteiger charge is -2.37. The first kappa shape index (κ1) is 25.0. The number of fused-ring (bicyclic) bond motifs is 2. The van der Waals surface area contributed by atoms with Crippen LogP contribution in [0.25, 0.3) is 0 Å². The first-order chi connectivity index (χ1) is 17.3. The Hall–Kier alpha value is -2.68. The third-order valence-corrected chi connectivity index (χ3v) is 8.02. The number of hydrogen-bond donors (Lipinski definition) is 1. The van der Waals surface area contributed by atoms with Crippen molar-refractivity contribution in [2.75, 3.05) is 31.2 Å². The molecule has 4 aliphatic heterocycles. The van der Waals surface area contributed by atoms with Gasteiger partial charge >= 0.3 is 5.97 Å². The maximum absolute atomic E-state index is 14.3. The summed E-state index contributed by atoms with van der Waals surface area (Å²) in [5, 5.41) is 9.75. The third kappa shape index (κ3) is 3.86. The van der Waals surface area contributed by atoms with Crippen molar-refractivity contribution in [1.29, 1.82) is 0 Å². The van der Waals surface area contributed by atoms with Crippen LogP contribution in [0.5, 0.6) is 0 Å². The molecule has 1 aromatic carbocycles. The fourth-order valence-corrected chi connectivity index (χ4v) is 6.39. The molecule has 1 N–H and O–H groups in total. The Labute approximate surface area is 215 Å². The summed E-state index contributed by atoms with van der Waals surface area (Å²) >= 11 is 6.46. The number of benzene rings is 1. The summed E-state index contributed by atoms with van der Waals surface area (Å²) < 4.78 is 12.3. The fraction of sp³-hybridized carbons (Fsp3) is 0.519. The first-order valence-electron chi connectivity index (χ1n) is 12.5. The Morgan fingerprint density at radius 2 is 1.89 bits per heavy atom. The van der Waals surface area contributed by atoms with Gasteiger partial charge in [0, 0.05) is 19.7 Å². The highest BCUT2D eigenvalue weighted by Crippen LogP contribution is 2.57. The number of amides is 2. The lowest BCUT2D eigenvalue weighted by Crippen LogP contribution is -2.56. The van der Waals surface area contributed by atoms with Gasteiger partial charge in [0.2, 0.25) is 5.91 Å². The molecule has 9 heteroatoms. The first-order valence-corrected chi connectivity index (χ1v) is 12.9. The van der Waals surface area contributed by atoms with E-state index in [4.69, 9.17) is 21.1 Å². The number of esters is 1. The van der Waals surface area contributed by atoms with E-state index in [1.54, 1.807) is 42.2 Å². The van der Waals surface area contributed by atoms with Crippen LogP contribution in [0.4, 0.5) is 5.69 Å². The zero-order chi connectivity index (χ0) is 25.5. The number of ether oxygens (including phenoxy) is 2. The summed E-state index contributed by atoms with van der Waals surface area (Å²) in [7, 11) is 0. The molecule has 1 unspecified atom stereocenters. The number of carbonyl (C=O) groups excluding carboxylic acids is 3. The van der Waals surface area contributed by atoms with Crippen LogP contribution in [-0.2, 0) is 23.9 Å². The highest BCUT2D eigenvalue weighted by Gasteiger charge is 2.74. The largest absolute Gasteiger partial charge is 0.465 e. The predicted molar refractivity (Wildman–Crippen MR) is 133 cm³/mol. The number of para-hydroxylation sites is 1. The summed E-state index contributed by atoms with van der Waals surface area (Å²) in [6, 6.07) is 6.09. The monoisotopic (exact) mass is 514 g/mol. The molecule has 2 fully saturated rings. The van der Waals surface area contributed by atoms with Gasteiger partial charge in [-0.25, -0.2) is 0 Å². The molecule has 2 amide bonds. The van der Waals surface area contributed by atoms with Crippen LogP contribution in [0.1, 0.15) is 32.6 Å². The second kappa shape index (κ2) is 9.65. The molecule has 5 atom stereocenters. The molecule has 5 rings (SSSR count). The van der Waals surface area contributed by atoms with Crippen molar-refractivity contribution in [1.82, 2.24) is 4.90 Å². The van der Waals surface area contributed by atoms with E-state index in [0.29, 0.717) is 30.0 Å². The zero-order valence-corrected chi connectivity index (χ0v) is 21.0. The van der Waals surface area contributed by atoms with Crippen LogP contribution in [0.3, 0.4) is 0 Å². The van der Waals surface area contributed by atoms with Gasteiger partial charge in [0.05, 0.1) is 28.8 Å². The highest BCUT2D eigenvalue weighted by molar-refractivity contribution is 6.34. The SMILES string of the molecule is C[C@@]12/C=C\CCCOC(=O)[C@@H]1[C@H]1C(=O)N(CCCCO)C3C(=O)N(c4ccccc4Cl)CC=C[C@@]31O2. The van der Waals surface area contributed by atoms with E-state index in [-0.39, 0.29) is 38.1 Å². The van der Waals surface area contributed by atoms with Crippen LogP contribution in [0.2, 0.25) is 5.02 Å². The number of aliphatic hydroxyl groups is 1. The molecule has 192 valence electrons. The lowest BCUT2D eigenvalue weighted by molar-refractivity contribution is -0.158. The van der Waals surface area contributed by atoms with E-state index in [2.05, 4.69) is 0 Å². The molecule has 0 saturated carbocycles. The number of allylic oxidation sites excluding steroid dienone is 1. The molecule has 0 aromatic heterocycles. The molecule has 36 heavy (non-hydrogen) atoms. The van der Waals surface area contributed by atoms with Crippen molar-refractivity contribution in [2.45, 2.75) is 49.9 Å². The summed E-state index contributed by atoms with van der Waals surface area (Å²) in [6.45, 7) is 2.55. The second-order valence-corrected chi connectivity index (χ2v) is 10.4. The number of cyclic esters (lactones) is 1. The quantitative estimate of drug-likeness (QED) is 0.369. The molecular formula is C27H31ClN2O6. The van der Waals surface area contributed by atoms with Gasteiger partial charge in [-0.05, 0) is 44.7 Å². The average molecular weight is 515 g/mol. The maximum Gasteiger partial charge on any atom is 0.313 e. The number of rotatable bonds is 5. The van der Waals surface area contributed by atoms with Gasteiger partial charge in [-0.1, -0.05) is 48.0 Å². The average Bonchev–Trinajstić information content (AvgIpc) is 3.19. The molecule has 4 heterocycles. The molecule has 8 nitrogen and oxygen atoms in total. The van der Waals surface area contributed by atoms with Gasteiger partial charge in [-0.3, -0.25) is 14.4 Å². The third-order valence-electron chi connectivity index (χ3n) is 7.70. The molecule has 1 spiro atoms. The summed E-state index contributed by atoms with van der Waals surface area (Å²) in [5.74, 6) is -2.92. The van der Waals surface area contributed by atoms with Gasteiger partial charge in [0.25, 0.3) is 5.91 Å². The van der Waals surface area contributed by atoms with Gasteiger partial charge in [0.15, 0.2) is 0 Å². The van der Waals surface area contributed by atoms with Gasteiger partial charge in [-0.2, -0.15) is 0 Å². The molecule has 2 saturated heterocycles. The van der Waals surface area contributed by atoms with E-state index in [9.17, 15) is 19.5 Å². The van der Waals surface area contributed by atoms with Gasteiger partial charge in [-0.15, -0.1) is 0 Å². The number of anilines is 1. The minimum absolute atomic E-state index is 0.0187. The summed E-state index contributed by atoms with van der Waals surface area (Å²) in [6.07, 6.45) is 9.84. The number of nitrogens with zero attached hydrogens (tertiary/aromatic N) is 2. The van der Waals surface area contributed by atoms with Crippen molar-refractivity contribution in [3.05, 3.63) is 53.6 Å². The zero-order valence-electron chi connectivity index (χ0n) is 20.3. The Morgan fingerprint density at radius 3 is 2.67 bits per heavy atom. The second-order valence-electron chi connectivity index (χ2n) is 9.97. The van der Waals surface area contributed by atoms with Crippen LogP contribution < -0.4 is 4.90 Å². The highest BCUT2D eigenvalue weighted by atomic mass is 35.5. The van der Waals surface area contributed by atoms with E-state index >= 15 is 0 Å². The Morgan fingerprint density at radius 1 is 1.08 bits per heavy atom. The number of aliphatic hydroxyl groups excluding tert-OH is 1.